The molecule has 4 atom stereocenters. The minimum Gasteiger partial charge on any atom is -0.393 e. The Labute approximate surface area is 149 Å². The van der Waals surface area contributed by atoms with Gasteiger partial charge in [-0.05, 0) is 44.9 Å². The number of aliphatic hydroxyl groups excluding tert-OH is 2. The van der Waals surface area contributed by atoms with Gasteiger partial charge in [0.15, 0.2) is 0 Å². The lowest BCUT2D eigenvalue weighted by Gasteiger charge is -2.22. The van der Waals surface area contributed by atoms with Gasteiger partial charge in [-0.1, -0.05) is 0 Å². The Morgan fingerprint density at radius 3 is 1.64 bits per heavy atom. The lowest BCUT2D eigenvalue weighted by Crippen LogP contribution is -2.28. The molecule has 2 aliphatic heterocycles. The maximum absolute atomic E-state index is 11.7. The Morgan fingerprint density at radius 2 is 1.24 bits per heavy atom. The van der Waals surface area contributed by atoms with E-state index in [1.54, 1.807) is 0 Å². The molecule has 2 N–H and O–H groups in total. The van der Waals surface area contributed by atoms with Crippen molar-refractivity contribution in [1.29, 1.82) is 0 Å². The van der Waals surface area contributed by atoms with E-state index in [1.165, 1.54) is 0 Å². The minimum absolute atomic E-state index is 0.0655. The van der Waals surface area contributed by atoms with Crippen molar-refractivity contribution < 1.29 is 29.3 Å². The van der Waals surface area contributed by atoms with Crippen LogP contribution in [0.25, 0.3) is 0 Å². The zero-order valence-electron chi connectivity index (χ0n) is 15.0. The highest BCUT2D eigenvalue weighted by Crippen LogP contribution is 2.20. The largest absolute Gasteiger partial charge is 0.393 e. The average Bonchev–Trinajstić information content (AvgIpc) is 2.60. The standard InChI is InChI=1S/C19H32O6/c20-16(6-4-14-12-24-10-8-18(14)22)2-1-3-17(21)7-5-15-13-25-11-9-19(15)23/h14-17,20-21H,1-13H2. The summed E-state index contributed by atoms with van der Waals surface area (Å²) in [5.41, 5.74) is 0. The van der Waals surface area contributed by atoms with E-state index < -0.39 is 12.2 Å². The molecule has 0 spiro atoms. The van der Waals surface area contributed by atoms with Crippen molar-refractivity contribution in [3.05, 3.63) is 0 Å². The van der Waals surface area contributed by atoms with Gasteiger partial charge in [-0.15, -0.1) is 0 Å². The van der Waals surface area contributed by atoms with Gasteiger partial charge in [0.1, 0.15) is 11.6 Å². The van der Waals surface area contributed by atoms with E-state index in [4.69, 9.17) is 9.47 Å². The topological polar surface area (TPSA) is 93.1 Å². The highest BCUT2D eigenvalue weighted by atomic mass is 16.5. The molecule has 6 heteroatoms. The Hall–Kier alpha value is -0.820. The van der Waals surface area contributed by atoms with Crippen LogP contribution in [0.3, 0.4) is 0 Å². The van der Waals surface area contributed by atoms with Crippen molar-refractivity contribution in [2.24, 2.45) is 11.8 Å². The summed E-state index contributed by atoms with van der Waals surface area (Å²) in [6.45, 7) is 2.00. The second kappa shape index (κ2) is 11.0. The maximum atomic E-state index is 11.7. The molecular weight excluding hydrogens is 324 g/mol. The summed E-state index contributed by atoms with van der Waals surface area (Å²) in [6.07, 6.45) is 4.65. The first kappa shape index (κ1) is 20.5. The third-order valence-corrected chi connectivity index (χ3v) is 5.31. The predicted octanol–water partition coefficient (Wildman–Crippen LogP) is 1.65. The van der Waals surface area contributed by atoms with Gasteiger partial charge in [0, 0.05) is 24.7 Å². The molecule has 2 rings (SSSR count). The van der Waals surface area contributed by atoms with Crippen LogP contribution >= 0.6 is 0 Å². The van der Waals surface area contributed by atoms with Crippen molar-refractivity contribution in [2.75, 3.05) is 26.4 Å². The molecule has 0 radical (unpaired) electrons. The lowest BCUT2D eigenvalue weighted by atomic mass is 9.91. The molecule has 6 nitrogen and oxygen atoms in total. The van der Waals surface area contributed by atoms with Gasteiger partial charge in [-0.3, -0.25) is 9.59 Å². The minimum atomic E-state index is -0.435. The quantitative estimate of drug-likeness (QED) is 0.618. The molecule has 0 aliphatic carbocycles. The molecule has 0 saturated carbocycles. The summed E-state index contributed by atoms with van der Waals surface area (Å²) in [4.78, 5) is 23.4. The zero-order valence-corrected chi connectivity index (χ0v) is 15.0. The Bertz CT molecular complexity index is 386. The lowest BCUT2D eigenvalue weighted by molar-refractivity contribution is -0.131. The van der Waals surface area contributed by atoms with Gasteiger partial charge in [0.25, 0.3) is 0 Å². The van der Waals surface area contributed by atoms with Crippen LogP contribution in [0.1, 0.15) is 57.8 Å². The van der Waals surface area contributed by atoms with Crippen molar-refractivity contribution in [3.8, 4) is 0 Å². The van der Waals surface area contributed by atoms with Gasteiger partial charge in [0.2, 0.25) is 0 Å². The molecule has 0 aromatic carbocycles. The van der Waals surface area contributed by atoms with Gasteiger partial charge in [-0.25, -0.2) is 0 Å². The van der Waals surface area contributed by atoms with E-state index in [0.29, 0.717) is 77.8 Å². The number of ether oxygens (including phenoxy) is 2. The molecule has 0 bridgehead atoms. The van der Waals surface area contributed by atoms with Gasteiger partial charge in [-0.2, -0.15) is 0 Å². The first-order valence-corrected chi connectivity index (χ1v) is 9.63. The highest BCUT2D eigenvalue weighted by molar-refractivity contribution is 5.82. The summed E-state index contributed by atoms with van der Waals surface area (Å²) in [6, 6.07) is 0. The molecular formula is C19H32O6. The SMILES string of the molecule is O=C1CCOCC1CCC(O)CCCC(O)CCC1COCCC1=O. The Morgan fingerprint density at radius 1 is 0.800 bits per heavy atom. The second-order valence-electron chi connectivity index (χ2n) is 7.37. The molecule has 0 aromatic heterocycles. The number of carbonyl (C=O) groups is 2. The Balaban J connectivity index is 1.52. The van der Waals surface area contributed by atoms with Crippen LogP contribution in [-0.4, -0.2) is 60.4 Å². The third-order valence-electron chi connectivity index (χ3n) is 5.31. The first-order valence-electron chi connectivity index (χ1n) is 9.63. The van der Waals surface area contributed by atoms with Gasteiger partial charge in [0.05, 0.1) is 38.6 Å². The summed E-state index contributed by atoms with van der Waals surface area (Å²) >= 11 is 0. The molecule has 2 fully saturated rings. The fraction of sp³-hybridized carbons (Fsp3) is 0.895. The van der Waals surface area contributed by atoms with Crippen molar-refractivity contribution in [3.63, 3.8) is 0 Å². The summed E-state index contributed by atoms with van der Waals surface area (Å²) in [5, 5.41) is 20.1. The number of rotatable bonds is 10. The number of carbonyl (C=O) groups excluding carboxylic acids is 2. The molecule has 2 saturated heterocycles. The van der Waals surface area contributed by atoms with Crippen LogP contribution < -0.4 is 0 Å². The van der Waals surface area contributed by atoms with Crippen LogP contribution in [0, 0.1) is 11.8 Å². The molecule has 0 aromatic rings. The molecule has 25 heavy (non-hydrogen) atoms. The number of ketones is 2. The average molecular weight is 356 g/mol. The van der Waals surface area contributed by atoms with Crippen LogP contribution in [0.4, 0.5) is 0 Å². The molecule has 4 unspecified atom stereocenters. The number of aliphatic hydroxyl groups is 2. The monoisotopic (exact) mass is 356 g/mol. The number of Topliss-reactive ketones (excluding diaryl/α,β-unsaturated/α-hetero) is 2. The fourth-order valence-electron chi connectivity index (χ4n) is 3.54. The summed E-state index contributed by atoms with van der Waals surface area (Å²) < 4.78 is 10.6. The van der Waals surface area contributed by atoms with Crippen molar-refractivity contribution in [1.82, 2.24) is 0 Å². The van der Waals surface area contributed by atoms with Gasteiger partial charge < -0.3 is 19.7 Å². The van der Waals surface area contributed by atoms with Crippen molar-refractivity contribution >= 4 is 11.6 Å². The van der Waals surface area contributed by atoms with E-state index in [9.17, 15) is 19.8 Å². The smallest absolute Gasteiger partial charge is 0.140 e. The third kappa shape index (κ3) is 7.52. The molecule has 144 valence electrons. The van der Waals surface area contributed by atoms with Gasteiger partial charge >= 0.3 is 0 Å². The van der Waals surface area contributed by atoms with Crippen molar-refractivity contribution in [2.45, 2.75) is 70.0 Å². The molecule has 2 aliphatic rings. The first-order chi connectivity index (χ1) is 12.1. The normalized spacial score (nSPS) is 27.3. The van der Waals surface area contributed by atoms with E-state index in [0.717, 1.165) is 6.42 Å². The second-order valence-corrected chi connectivity index (χ2v) is 7.37. The fourth-order valence-corrected chi connectivity index (χ4v) is 3.54. The number of hydrogen-bond donors (Lipinski definition) is 2. The maximum Gasteiger partial charge on any atom is 0.140 e. The highest BCUT2D eigenvalue weighted by Gasteiger charge is 2.24. The van der Waals surface area contributed by atoms with E-state index >= 15 is 0 Å². The molecule has 0 amide bonds. The Kier molecular flexibility index (Phi) is 9.03. The molecule has 2 heterocycles. The van der Waals surface area contributed by atoms with Crippen LogP contribution in [-0.2, 0) is 19.1 Å². The van der Waals surface area contributed by atoms with Crippen LogP contribution in [0.15, 0.2) is 0 Å². The van der Waals surface area contributed by atoms with E-state index in [1.807, 2.05) is 0 Å². The van der Waals surface area contributed by atoms with Crippen LogP contribution in [0.5, 0.6) is 0 Å². The number of hydrogen-bond acceptors (Lipinski definition) is 6. The van der Waals surface area contributed by atoms with Crippen LogP contribution in [0.2, 0.25) is 0 Å². The zero-order chi connectivity index (χ0) is 18.1. The van der Waals surface area contributed by atoms with E-state index in [2.05, 4.69) is 0 Å². The summed E-state index contributed by atoms with van der Waals surface area (Å²) in [7, 11) is 0. The summed E-state index contributed by atoms with van der Waals surface area (Å²) in [5.74, 6) is 0.360. The van der Waals surface area contributed by atoms with E-state index in [-0.39, 0.29) is 23.4 Å². The predicted molar refractivity (Wildman–Crippen MR) is 92.2 cm³/mol.